The van der Waals surface area contributed by atoms with Gasteiger partial charge in [-0.15, -0.1) is 0 Å². The predicted molar refractivity (Wildman–Crippen MR) is 95.9 cm³/mol. The van der Waals surface area contributed by atoms with Crippen LogP contribution >= 0.6 is 0 Å². The van der Waals surface area contributed by atoms with Crippen molar-refractivity contribution >= 4 is 5.97 Å². The van der Waals surface area contributed by atoms with Crippen LogP contribution in [0, 0.1) is 5.92 Å². The Kier molecular flexibility index (Phi) is 4.39. The lowest BCUT2D eigenvalue weighted by atomic mass is 10.1. The molecule has 2 N–H and O–H groups in total. The van der Waals surface area contributed by atoms with E-state index >= 15 is 0 Å². The van der Waals surface area contributed by atoms with Crippen LogP contribution in [-0.4, -0.2) is 32.9 Å². The minimum atomic E-state index is -0.695. The molecule has 2 atom stereocenters. The third-order valence-corrected chi connectivity index (χ3v) is 4.69. The summed E-state index contributed by atoms with van der Waals surface area (Å²) < 4.78 is 5.75. The van der Waals surface area contributed by atoms with Gasteiger partial charge in [-0.05, 0) is 41.7 Å². The fourth-order valence-corrected chi connectivity index (χ4v) is 3.08. The summed E-state index contributed by atoms with van der Waals surface area (Å²) in [5, 5.41) is 15.8. The maximum Gasteiger partial charge on any atom is 0.307 e. The molecule has 1 aromatic carbocycles. The molecule has 0 amide bonds. The number of rotatable bonds is 7. The maximum absolute atomic E-state index is 10.9. The highest BCUT2D eigenvalue weighted by atomic mass is 16.5. The maximum atomic E-state index is 10.9. The van der Waals surface area contributed by atoms with E-state index in [1.165, 1.54) is 5.56 Å². The monoisotopic (exact) mass is 349 g/mol. The van der Waals surface area contributed by atoms with Crippen molar-refractivity contribution in [3.05, 3.63) is 66.0 Å². The molecule has 0 saturated heterocycles. The van der Waals surface area contributed by atoms with Crippen LogP contribution in [0.4, 0.5) is 0 Å². The van der Waals surface area contributed by atoms with E-state index in [-0.39, 0.29) is 11.8 Å². The molecule has 2 heterocycles. The Morgan fingerprint density at radius 3 is 2.65 bits per heavy atom. The van der Waals surface area contributed by atoms with Gasteiger partial charge in [-0.3, -0.25) is 14.9 Å². The first-order chi connectivity index (χ1) is 12.7. The topological polar surface area (TPSA) is 88.1 Å². The highest BCUT2D eigenvalue weighted by Gasteiger charge is 2.43. The van der Waals surface area contributed by atoms with E-state index in [1.54, 1.807) is 12.4 Å². The SMILES string of the molecule is O=C(O)[C@@H]1C[C@@H]1c1ccc(CCOc2ccc(-c3ccn[nH]3)nc2)cc1. The Hall–Kier alpha value is -3.15. The molecule has 2 aromatic heterocycles. The van der Waals surface area contributed by atoms with Gasteiger partial charge in [0, 0.05) is 12.6 Å². The summed E-state index contributed by atoms with van der Waals surface area (Å²) >= 11 is 0. The van der Waals surface area contributed by atoms with E-state index in [2.05, 4.69) is 27.3 Å². The van der Waals surface area contributed by atoms with E-state index in [1.807, 2.05) is 30.3 Å². The van der Waals surface area contributed by atoms with Crippen LogP contribution in [0.1, 0.15) is 23.5 Å². The molecule has 1 saturated carbocycles. The second-order valence-electron chi connectivity index (χ2n) is 6.48. The van der Waals surface area contributed by atoms with E-state index in [0.717, 1.165) is 35.5 Å². The average Bonchev–Trinajstić information content (AvgIpc) is 3.29. The van der Waals surface area contributed by atoms with Crippen molar-refractivity contribution in [2.24, 2.45) is 5.92 Å². The van der Waals surface area contributed by atoms with E-state index in [4.69, 9.17) is 9.84 Å². The van der Waals surface area contributed by atoms with Crippen molar-refractivity contribution in [1.29, 1.82) is 0 Å². The lowest BCUT2D eigenvalue weighted by molar-refractivity contribution is -0.138. The number of carbonyl (C=O) groups is 1. The first kappa shape index (κ1) is 16.3. The summed E-state index contributed by atoms with van der Waals surface area (Å²) in [5.41, 5.74) is 3.98. The number of pyridine rings is 1. The van der Waals surface area contributed by atoms with Gasteiger partial charge in [0.15, 0.2) is 0 Å². The van der Waals surface area contributed by atoms with Crippen molar-refractivity contribution < 1.29 is 14.6 Å². The van der Waals surface area contributed by atoms with Crippen LogP contribution in [0.5, 0.6) is 5.75 Å². The smallest absolute Gasteiger partial charge is 0.307 e. The standard InChI is InChI=1S/C20H19N3O3/c24-20(25)17-11-16(17)14-3-1-13(2-4-14)8-10-26-15-5-6-18(21-12-15)19-7-9-22-23-19/h1-7,9,12,16-17H,8,10-11H2,(H,22,23)(H,24,25)/t16-,17-/m1/s1. The lowest BCUT2D eigenvalue weighted by Crippen LogP contribution is -2.02. The Morgan fingerprint density at radius 2 is 2.04 bits per heavy atom. The minimum absolute atomic E-state index is 0.178. The van der Waals surface area contributed by atoms with Crippen LogP contribution in [0.15, 0.2) is 54.9 Å². The molecule has 6 heteroatoms. The number of aliphatic carboxylic acids is 1. The number of nitrogens with zero attached hydrogens (tertiary/aromatic N) is 2. The second-order valence-corrected chi connectivity index (χ2v) is 6.48. The molecule has 1 aliphatic rings. The molecule has 0 spiro atoms. The number of hydrogen-bond acceptors (Lipinski definition) is 4. The average molecular weight is 349 g/mol. The summed E-state index contributed by atoms with van der Waals surface area (Å²) in [5.74, 6) is 0.00507. The first-order valence-electron chi connectivity index (χ1n) is 8.61. The van der Waals surface area contributed by atoms with Gasteiger partial charge in [0.25, 0.3) is 0 Å². The van der Waals surface area contributed by atoms with Crippen LogP contribution in [0.3, 0.4) is 0 Å². The van der Waals surface area contributed by atoms with Crippen molar-refractivity contribution in [2.75, 3.05) is 6.61 Å². The number of H-pyrrole nitrogens is 1. The summed E-state index contributed by atoms with van der Waals surface area (Å²) in [6, 6.07) is 13.8. The predicted octanol–water partition coefficient (Wildman–Crippen LogP) is 3.28. The zero-order chi connectivity index (χ0) is 17.9. The summed E-state index contributed by atoms with van der Waals surface area (Å²) in [6.45, 7) is 0.561. The van der Waals surface area contributed by atoms with Crippen LogP contribution in [0.2, 0.25) is 0 Å². The molecule has 0 radical (unpaired) electrons. The third-order valence-electron chi connectivity index (χ3n) is 4.69. The second kappa shape index (κ2) is 7.00. The normalized spacial score (nSPS) is 18.5. The Morgan fingerprint density at radius 1 is 1.19 bits per heavy atom. The number of aromatic amines is 1. The van der Waals surface area contributed by atoms with Gasteiger partial charge in [0.05, 0.1) is 30.1 Å². The molecule has 3 aromatic rings. The number of ether oxygens (including phenoxy) is 1. The summed E-state index contributed by atoms with van der Waals surface area (Å²) in [4.78, 5) is 15.3. The molecule has 1 aliphatic carbocycles. The zero-order valence-corrected chi connectivity index (χ0v) is 14.1. The van der Waals surface area contributed by atoms with Gasteiger partial charge in [0.2, 0.25) is 0 Å². The van der Waals surface area contributed by atoms with E-state index in [0.29, 0.717) is 6.61 Å². The van der Waals surface area contributed by atoms with Crippen molar-refractivity contribution in [2.45, 2.75) is 18.8 Å². The van der Waals surface area contributed by atoms with Crippen molar-refractivity contribution in [1.82, 2.24) is 15.2 Å². The first-order valence-corrected chi connectivity index (χ1v) is 8.61. The third kappa shape index (κ3) is 3.59. The van der Waals surface area contributed by atoms with Gasteiger partial charge in [-0.25, -0.2) is 0 Å². The van der Waals surface area contributed by atoms with Crippen LogP contribution in [0.25, 0.3) is 11.4 Å². The lowest BCUT2D eigenvalue weighted by Gasteiger charge is -2.07. The van der Waals surface area contributed by atoms with Gasteiger partial charge in [-0.1, -0.05) is 24.3 Å². The molecule has 1 fully saturated rings. The minimum Gasteiger partial charge on any atom is -0.492 e. The number of carboxylic acid groups (broad SMARTS) is 1. The largest absolute Gasteiger partial charge is 0.492 e. The van der Waals surface area contributed by atoms with Crippen LogP contribution in [-0.2, 0) is 11.2 Å². The molecule has 132 valence electrons. The Balaban J connectivity index is 1.27. The van der Waals surface area contributed by atoms with Gasteiger partial charge in [0.1, 0.15) is 5.75 Å². The van der Waals surface area contributed by atoms with E-state index < -0.39 is 5.97 Å². The fourth-order valence-electron chi connectivity index (χ4n) is 3.08. The Labute approximate surface area is 150 Å². The molecular formula is C20H19N3O3. The number of carboxylic acids is 1. The van der Waals surface area contributed by atoms with Crippen LogP contribution < -0.4 is 4.74 Å². The number of nitrogens with one attached hydrogen (secondary N) is 1. The number of benzene rings is 1. The highest BCUT2D eigenvalue weighted by molar-refractivity contribution is 5.75. The number of aromatic nitrogens is 3. The molecule has 0 bridgehead atoms. The molecule has 4 rings (SSSR count). The molecule has 0 unspecified atom stereocenters. The van der Waals surface area contributed by atoms with E-state index in [9.17, 15) is 4.79 Å². The van der Waals surface area contributed by atoms with Gasteiger partial charge < -0.3 is 9.84 Å². The van der Waals surface area contributed by atoms with Crippen molar-refractivity contribution in [3.8, 4) is 17.1 Å². The zero-order valence-electron chi connectivity index (χ0n) is 14.1. The highest BCUT2D eigenvalue weighted by Crippen LogP contribution is 2.47. The summed E-state index contributed by atoms with van der Waals surface area (Å²) in [6.07, 6.45) is 4.94. The molecule has 6 nitrogen and oxygen atoms in total. The van der Waals surface area contributed by atoms with Crippen molar-refractivity contribution in [3.63, 3.8) is 0 Å². The Bertz CT molecular complexity index is 874. The molecular weight excluding hydrogens is 330 g/mol. The molecule has 26 heavy (non-hydrogen) atoms. The molecule has 0 aliphatic heterocycles. The quantitative estimate of drug-likeness (QED) is 0.683. The van der Waals surface area contributed by atoms with Gasteiger partial charge >= 0.3 is 5.97 Å². The van der Waals surface area contributed by atoms with Gasteiger partial charge in [-0.2, -0.15) is 5.10 Å². The fraction of sp³-hybridized carbons (Fsp3) is 0.250. The summed E-state index contributed by atoms with van der Waals surface area (Å²) in [7, 11) is 0. The number of hydrogen-bond donors (Lipinski definition) is 2.